The van der Waals surface area contributed by atoms with E-state index in [1.165, 1.54) is 6.20 Å². The number of aromatic nitrogens is 2. The molecule has 0 bridgehead atoms. The first kappa shape index (κ1) is 14.8. The van der Waals surface area contributed by atoms with Crippen molar-refractivity contribution in [3.05, 3.63) is 42.6 Å². The molecule has 2 aromatic rings. The molecular formula is C15H17N3O3. The summed E-state index contributed by atoms with van der Waals surface area (Å²) >= 11 is 0. The lowest BCUT2D eigenvalue weighted by atomic mass is 10.1. The Kier molecular flexibility index (Phi) is 4.71. The van der Waals surface area contributed by atoms with Crippen LogP contribution in [-0.2, 0) is 4.79 Å². The summed E-state index contributed by atoms with van der Waals surface area (Å²) in [6.07, 6.45) is 1.52. The number of para-hydroxylation sites is 1. The van der Waals surface area contributed by atoms with Crippen molar-refractivity contribution in [3.8, 4) is 11.6 Å². The van der Waals surface area contributed by atoms with E-state index in [-0.39, 0.29) is 11.9 Å². The fourth-order valence-corrected chi connectivity index (χ4v) is 1.73. The van der Waals surface area contributed by atoms with Gasteiger partial charge in [0.2, 0.25) is 11.8 Å². The summed E-state index contributed by atoms with van der Waals surface area (Å²) in [4.78, 5) is 19.4. The molecule has 0 unspecified atom stereocenters. The minimum Gasteiger partial charge on any atom is -0.480 e. The van der Waals surface area contributed by atoms with E-state index in [9.17, 15) is 4.79 Å². The summed E-state index contributed by atoms with van der Waals surface area (Å²) in [6.45, 7) is 3.63. The highest BCUT2D eigenvalue weighted by Crippen LogP contribution is 2.19. The molecule has 110 valence electrons. The van der Waals surface area contributed by atoms with Crippen LogP contribution in [-0.4, -0.2) is 27.1 Å². The highest BCUT2D eigenvalue weighted by atomic mass is 16.5. The first-order chi connectivity index (χ1) is 10.1. The second-order valence-electron chi connectivity index (χ2n) is 4.84. The molecule has 1 aromatic heterocycles. The second-order valence-corrected chi connectivity index (χ2v) is 4.84. The Balaban J connectivity index is 2.12. The van der Waals surface area contributed by atoms with Crippen LogP contribution in [0.15, 0.2) is 42.6 Å². The van der Waals surface area contributed by atoms with Crippen molar-refractivity contribution in [1.82, 2.24) is 9.97 Å². The van der Waals surface area contributed by atoms with Crippen LogP contribution in [0, 0.1) is 5.92 Å². The fraction of sp³-hybridized carbons (Fsp3) is 0.267. The van der Waals surface area contributed by atoms with Gasteiger partial charge in [0.15, 0.2) is 0 Å². The van der Waals surface area contributed by atoms with Crippen molar-refractivity contribution in [1.29, 1.82) is 0 Å². The number of carbonyl (C=O) groups is 1. The number of carboxylic acid groups (broad SMARTS) is 1. The van der Waals surface area contributed by atoms with Crippen LogP contribution in [0.1, 0.15) is 13.8 Å². The lowest BCUT2D eigenvalue weighted by Crippen LogP contribution is -2.34. The number of rotatable bonds is 6. The van der Waals surface area contributed by atoms with E-state index in [0.29, 0.717) is 11.6 Å². The number of anilines is 1. The van der Waals surface area contributed by atoms with Crippen LogP contribution in [0.3, 0.4) is 0 Å². The first-order valence-electron chi connectivity index (χ1n) is 6.61. The van der Waals surface area contributed by atoms with Crippen LogP contribution in [0.25, 0.3) is 0 Å². The van der Waals surface area contributed by atoms with Gasteiger partial charge in [-0.3, -0.25) is 0 Å². The molecule has 0 fully saturated rings. The molecule has 0 amide bonds. The van der Waals surface area contributed by atoms with E-state index >= 15 is 0 Å². The maximum Gasteiger partial charge on any atom is 0.326 e. The summed E-state index contributed by atoms with van der Waals surface area (Å²) in [5.41, 5.74) is 0. The SMILES string of the molecule is CC(C)[C@@H](Nc1nccc(Oc2ccccc2)n1)C(=O)O. The number of aliphatic carboxylic acids is 1. The van der Waals surface area contributed by atoms with Gasteiger partial charge in [-0.05, 0) is 18.1 Å². The smallest absolute Gasteiger partial charge is 0.326 e. The fourth-order valence-electron chi connectivity index (χ4n) is 1.73. The van der Waals surface area contributed by atoms with Gasteiger partial charge in [0.05, 0.1) is 0 Å². The van der Waals surface area contributed by atoms with Crippen molar-refractivity contribution in [2.45, 2.75) is 19.9 Å². The molecule has 1 heterocycles. The number of hydrogen-bond donors (Lipinski definition) is 2. The average molecular weight is 287 g/mol. The molecule has 2 N–H and O–H groups in total. The second kappa shape index (κ2) is 6.69. The van der Waals surface area contributed by atoms with Crippen LogP contribution in [0.4, 0.5) is 5.95 Å². The summed E-state index contributed by atoms with van der Waals surface area (Å²) in [5, 5.41) is 12.0. The summed E-state index contributed by atoms with van der Waals surface area (Å²) in [7, 11) is 0. The van der Waals surface area contributed by atoms with Gasteiger partial charge in [-0.1, -0.05) is 32.0 Å². The zero-order chi connectivity index (χ0) is 15.2. The third-order valence-corrected chi connectivity index (χ3v) is 2.81. The van der Waals surface area contributed by atoms with Gasteiger partial charge in [-0.2, -0.15) is 4.98 Å². The third kappa shape index (κ3) is 4.17. The van der Waals surface area contributed by atoms with Gasteiger partial charge in [0.1, 0.15) is 11.8 Å². The van der Waals surface area contributed by atoms with Gasteiger partial charge in [-0.25, -0.2) is 9.78 Å². The van der Waals surface area contributed by atoms with Crippen molar-refractivity contribution >= 4 is 11.9 Å². The molecule has 0 saturated heterocycles. The molecular weight excluding hydrogens is 270 g/mol. The zero-order valence-corrected chi connectivity index (χ0v) is 11.9. The maximum atomic E-state index is 11.2. The van der Waals surface area contributed by atoms with Gasteiger partial charge >= 0.3 is 5.97 Å². The Labute approximate surface area is 122 Å². The number of hydrogen-bond acceptors (Lipinski definition) is 5. The quantitative estimate of drug-likeness (QED) is 0.850. The van der Waals surface area contributed by atoms with Crippen molar-refractivity contribution in [3.63, 3.8) is 0 Å². The minimum absolute atomic E-state index is 0.0928. The van der Waals surface area contributed by atoms with Crippen LogP contribution in [0.2, 0.25) is 0 Å². The molecule has 0 aliphatic heterocycles. The monoisotopic (exact) mass is 287 g/mol. The highest BCUT2D eigenvalue weighted by Gasteiger charge is 2.22. The number of ether oxygens (including phenoxy) is 1. The summed E-state index contributed by atoms with van der Waals surface area (Å²) < 4.78 is 5.58. The van der Waals surface area contributed by atoms with E-state index in [1.807, 2.05) is 44.2 Å². The number of carboxylic acids is 1. The first-order valence-corrected chi connectivity index (χ1v) is 6.61. The van der Waals surface area contributed by atoms with Crippen molar-refractivity contribution in [2.75, 3.05) is 5.32 Å². The lowest BCUT2D eigenvalue weighted by molar-refractivity contribution is -0.138. The number of nitrogens with one attached hydrogen (secondary N) is 1. The van der Waals surface area contributed by atoms with Crippen molar-refractivity contribution in [2.24, 2.45) is 5.92 Å². The Hall–Kier alpha value is -2.63. The largest absolute Gasteiger partial charge is 0.480 e. The third-order valence-electron chi connectivity index (χ3n) is 2.81. The average Bonchev–Trinajstić information content (AvgIpc) is 2.45. The Morgan fingerprint density at radius 2 is 1.95 bits per heavy atom. The normalized spacial score (nSPS) is 12.0. The molecule has 2 rings (SSSR count). The molecule has 0 aliphatic carbocycles. The number of benzene rings is 1. The molecule has 0 aliphatic rings. The van der Waals surface area contributed by atoms with Gasteiger partial charge in [0, 0.05) is 12.3 Å². The maximum absolute atomic E-state index is 11.2. The Bertz CT molecular complexity index is 602. The minimum atomic E-state index is -0.942. The molecule has 0 radical (unpaired) electrons. The van der Waals surface area contributed by atoms with Crippen molar-refractivity contribution < 1.29 is 14.6 Å². The van der Waals surface area contributed by atoms with E-state index in [0.717, 1.165) is 0 Å². The van der Waals surface area contributed by atoms with Gasteiger partial charge < -0.3 is 15.2 Å². The predicted octanol–water partition coefficient (Wildman–Crippen LogP) is 2.79. The van der Waals surface area contributed by atoms with E-state index < -0.39 is 12.0 Å². The molecule has 6 heteroatoms. The summed E-state index contributed by atoms with van der Waals surface area (Å²) in [6, 6.07) is 10.1. The molecule has 1 aromatic carbocycles. The molecule has 1 atom stereocenters. The van der Waals surface area contributed by atoms with Crippen LogP contribution in [0.5, 0.6) is 11.6 Å². The topological polar surface area (TPSA) is 84.3 Å². The van der Waals surface area contributed by atoms with Crippen LogP contribution >= 0.6 is 0 Å². The van der Waals surface area contributed by atoms with Gasteiger partial charge in [0.25, 0.3) is 0 Å². The molecule has 6 nitrogen and oxygen atoms in total. The summed E-state index contributed by atoms with van der Waals surface area (Å²) in [5.74, 6) is 0.199. The van der Waals surface area contributed by atoms with E-state index in [1.54, 1.807) is 6.07 Å². The predicted molar refractivity (Wildman–Crippen MR) is 78.4 cm³/mol. The standard InChI is InChI=1S/C15H17N3O3/c1-10(2)13(14(19)20)18-15-16-9-8-12(17-15)21-11-6-4-3-5-7-11/h3-10,13H,1-2H3,(H,19,20)(H,16,17,18)/t13-/m1/s1. The van der Waals surface area contributed by atoms with Crippen LogP contribution < -0.4 is 10.1 Å². The molecule has 21 heavy (non-hydrogen) atoms. The Morgan fingerprint density at radius 3 is 2.57 bits per heavy atom. The highest BCUT2D eigenvalue weighted by molar-refractivity contribution is 5.76. The van der Waals surface area contributed by atoms with E-state index in [4.69, 9.17) is 9.84 Å². The molecule has 0 spiro atoms. The van der Waals surface area contributed by atoms with E-state index in [2.05, 4.69) is 15.3 Å². The lowest BCUT2D eigenvalue weighted by Gasteiger charge is -2.17. The molecule has 0 saturated carbocycles. The number of nitrogens with zero attached hydrogens (tertiary/aromatic N) is 2. The zero-order valence-electron chi connectivity index (χ0n) is 11.9. The Morgan fingerprint density at radius 1 is 1.24 bits per heavy atom. The van der Waals surface area contributed by atoms with Gasteiger partial charge in [-0.15, -0.1) is 0 Å².